The summed E-state index contributed by atoms with van der Waals surface area (Å²) in [7, 11) is 0. The molecule has 0 unspecified atom stereocenters. The number of ether oxygens (including phenoxy) is 1. The van der Waals surface area contributed by atoms with Crippen LogP contribution in [0.5, 0.6) is 5.75 Å². The molecule has 7 heteroatoms. The van der Waals surface area contributed by atoms with Gasteiger partial charge in [0.1, 0.15) is 5.75 Å². The maximum atomic E-state index is 12.5. The Labute approximate surface area is 202 Å². The highest BCUT2D eigenvalue weighted by atomic mass is 35.5. The van der Waals surface area contributed by atoms with E-state index in [0.29, 0.717) is 22.0 Å². The van der Waals surface area contributed by atoms with Crippen LogP contribution in [0.3, 0.4) is 0 Å². The third-order valence-corrected chi connectivity index (χ3v) is 5.63. The standard InChI is InChI=1S/C27H22ClN3O3/c1-18-24(28)10-5-11-25(18)30-27(33)20-12-14-22(15-13-20)34-17-26(32)31-29-16-21-8-4-7-19-6-2-3-9-23(19)21/h2-16H,17H2,1H3,(H,30,33)(H,31,32)/b29-16-. The van der Waals surface area contributed by atoms with Crippen LogP contribution in [0.4, 0.5) is 5.69 Å². The van der Waals surface area contributed by atoms with Crippen molar-refractivity contribution in [3.8, 4) is 5.75 Å². The first-order chi connectivity index (χ1) is 16.5. The number of halogens is 1. The van der Waals surface area contributed by atoms with Crippen LogP contribution in [0, 0.1) is 6.92 Å². The van der Waals surface area contributed by atoms with Crippen molar-refractivity contribution in [1.82, 2.24) is 5.43 Å². The molecule has 0 aliphatic carbocycles. The Balaban J connectivity index is 1.29. The number of fused-ring (bicyclic) bond motifs is 1. The van der Waals surface area contributed by atoms with Gasteiger partial charge in [-0.05, 0) is 59.7 Å². The lowest BCUT2D eigenvalue weighted by Gasteiger charge is -2.10. The molecule has 0 saturated heterocycles. The molecule has 170 valence electrons. The molecule has 0 aliphatic rings. The molecule has 0 saturated carbocycles. The van der Waals surface area contributed by atoms with Crippen molar-refractivity contribution >= 4 is 46.1 Å². The fourth-order valence-electron chi connectivity index (χ4n) is 3.36. The highest BCUT2D eigenvalue weighted by molar-refractivity contribution is 6.31. The number of nitrogens with zero attached hydrogens (tertiary/aromatic N) is 1. The molecule has 2 N–H and O–H groups in total. The fraction of sp³-hybridized carbons (Fsp3) is 0.0741. The minimum atomic E-state index is -0.394. The van der Waals surface area contributed by atoms with Crippen molar-refractivity contribution in [3.05, 3.63) is 107 Å². The molecule has 2 amide bonds. The van der Waals surface area contributed by atoms with E-state index in [4.69, 9.17) is 16.3 Å². The molecule has 0 heterocycles. The Bertz CT molecular complexity index is 1360. The van der Waals surface area contributed by atoms with E-state index in [2.05, 4.69) is 15.8 Å². The van der Waals surface area contributed by atoms with E-state index in [9.17, 15) is 9.59 Å². The van der Waals surface area contributed by atoms with Gasteiger partial charge in [-0.2, -0.15) is 5.10 Å². The lowest BCUT2D eigenvalue weighted by molar-refractivity contribution is -0.123. The maximum absolute atomic E-state index is 12.5. The van der Waals surface area contributed by atoms with Crippen LogP contribution in [0.2, 0.25) is 5.02 Å². The number of nitrogens with one attached hydrogen (secondary N) is 2. The van der Waals surface area contributed by atoms with Gasteiger partial charge in [-0.15, -0.1) is 0 Å². The monoisotopic (exact) mass is 471 g/mol. The topological polar surface area (TPSA) is 79.8 Å². The van der Waals surface area contributed by atoms with Crippen LogP contribution in [0.15, 0.2) is 90.0 Å². The average molecular weight is 472 g/mol. The molecule has 0 aliphatic heterocycles. The predicted molar refractivity (Wildman–Crippen MR) is 136 cm³/mol. The molecule has 0 bridgehead atoms. The number of hydrazone groups is 1. The van der Waals surface area contributed by atoms with Gasteiger partial charge in [-0.25, -0.2) is 5.43 Å². The van der Waals surface area contributed by atoms with Crippen LogP contribution in [0.25, 0.3) is 10.8 Å². The first kappa shape index (κ1) is 23.0. The van der Waals surface area contributed by atoms with Crippen molar-refractivity contribution in [2.45, 2.75) is 6.92 Å². The number of carbonyl (C=O) groups excluding carboxylic acids is 2. The second-order valence-corrected chi connectivity index (χ2v) is 7.95. The van der Waals surface area contributed by atoms with Gasteiger partial charge in [0.05, 0.1) is 6.21 Å². The summed E-state index contributed by atoms with van der Waals surface area (Å²) in [5.41, 5.74) is 5.27. The van der Waals surface area contributed by atoms with Gasteiger partial charge in [0.2, 0.25) is 0 Å². The number of hydrogen-bond acceptors (Lipinski definition) is 4. The average Bonchev–Trinajstić information content (AvgIpc) is 2.86. The van der Waals surface area contributed by atoms with E-state index in [0.717, 1.165) is 21.9 Å². The molecule has 0 aromatic heterocycles. The molecule has 0 spiro atoms. The molecule has 34 heavy (non-hydrogen) atoms. The van der Waals surface area contributed by atoms with Crippen LogP contribution in [-0.4, -0.2) is 24.6 Å². The molecule has 0 radical (unpaired) electrons. The van der Waals surface area contributed by atoms with Gasteiger partial charge < -0.3 is 10.1 Å². The number of amides is 2. The van der Waals surface area contributed by atoms with E-state index in [1.54, 1.807) is 48.7 Å². The van der Waals surface area contributed by atoms with E-state index in [1.165, 1.54) is 0 Å². The summed E-state index contributed by atoms with van der Waals surface area (Å²) in [6.45, 7) is 1.63. The molecule has 0 fully saturated rings. The van der Waals surface area contributed by atoms with E-state index >= 15 is 0 Å². The Kier molecular flexibility index (Phi) is 7.20. The van der Waals surface area contributed by atoms with Crippen molar-refractivity contribution in [2.75, 3.05) is 11.9 Å². The molecule has 0 atom stereocenters. The Morgan fingerprint density at radius 2 is 1.68 bits per heavy atom. The van der Waals surface area contributed by atoms with E-state index < -0.39 is 5.91 Å². The number of hydrogen-bond donors (Lipinski definition) is 2. The Morgan fingerprint density at radius 3 is 2.50 bits per heavy atom. The summed E-state index contributed by atoms with van der Waals surface area (Å²) >= 11 is 6.10. The number of benzene rings is 4. The number of carbonyl (C=O) groups is 2. The SMILES string of the molecule is Cc1c(Cl)cccc1NC(=O)c1ccc(OCC(=O)N/N=C\c2cccc3ccccc23)cc1. The highest BCUT2D eigenvalue weighted by Gasteiger charge is 2.10. The molecular formula is C27H22ClN3O3. The summed E-state index contributed by atoms with van der Waals surface area (Å²) in [6, 6.07) is 25.7. The molecule has 6 nitrogen and oxygen atoms in total. The zero-order chi connectivity index (χ0) is 23.9. The zero-order valence-corrected chi connectivity index (χ0v) is 19.2. The lowest BCUT2D eigenvalue weighted by Crippen LogP contribution is -2.24. The summed E-state index contributed by atoms with van der Waals surface area (Å²) in [5.74, 6) is -0.198. The highest BCUT2D eigenvalue weighted by Crippen LogP contribution is 2.24. The first-order valence-electron chi connectivity index (χ1n) is 10.6. The van der Waals surface area contributed by atoms with Gasteiger partial charge in [-0.3, -0.25) is 9.59 Å². The molecule has 4 aromatic rings. The summed E-state index contributed by atoms with van der Waals surface area (Å²) in [5, 5.41) is 9.60. The summed E-state index contributed by atoms with van der Waals surface area (Å²) in [4.78, 5) is 24.6. The normalized spacial score (nSPS) is 10.9. The van der Waals surface area contributed by atoms with Crippen LogP contribution < -0.4 is 15.5 Å². The van der Waals surface area contributed by atoms with Gasteiger partial charge in [-0.1, -0.05) is 60.1 Å². The van der Waals surface area contributed by atoms with Gasteiger partial charge >= 0.3 is 0 Å². The minimum absolute atomic E-state index is 0.208. The first-order valence-corrected chi connectivity index (χ1v) is 11.0. The quantitative estimate of drug-likeness (QED) is 0.272. The lowest BCUT2D eigenvalue weighted by atomic mass is 10.1. The predicted octanol–water partition coefficient (Wildman–Crippen LogP) is 5.58. The molecular weight excluding hydrogens is 450 g/mol. The second-order valence-electron chi connectivity index (χ2n) is 7.54. The van der Waals surface area contributed by atoms with Crippen molar-refractivity contribution in [3.63, 3.8) is 0 Å². The van der Waals surface area contributed by atoms with Crippen LogP contribution >= 0.6 is 11.6 Å². The molecule has 4 aromatic carbocycles. The summed E-state index contributed by atoms with van der Waals surface area (Å²) in [6.07, 6.45) is 1.61. The smallest absolute Gasteiger partial charge is 0.277 e. The Hall–Kier alpha value is -4.16. The maximum Gasteiger partial charge on any atom is 0.277 e. The van der Waals surface area contributed by atoms with E-state index in [-0.39, 0.29) is 12.5 Å². The van der Waals surface area contributed by atoms with E-state index in [1.807, 2.05) is 49.4 Å². The second kappa shape index (κ2) is 10.6. The number of anilines is 1. The number of rotatable bonds is 7. The third-order valence-electron chi connectivity index (χ3n) is 5.22. The van der Waals surface area contributed by atoms with Crippen LogP contribution in [-0.2, 0) is 4.79 Å². The largest absolute Gasteiger partial charge is 0.484 e. The van der Waals surface area contributed by atoms with Crippen molar-refractivity contribution in [2.24, 2.45) is 5.10 Å². The van der Waals surface area contributed by atoms with Gasteiger partial charge in [0.15, 0.2) is 6.61 Å². The summed E-state index contributed by atoms with van der Waals surface area (Å²) < 4.78 is 5.49. The minimum Gasteiger partial charge on any atom is -0.484 e. The third kappa shape index (κ3) is 5.60. The fourth-order valence-corrected chi connectivity index (χ4v) is 3.53. The molecule has 4 rings (SSSR count). The van der Waals surface area contributed by atoms with Gasteiger partial charge in [0.25, 0.3) is 11.8 Å². The Morgan fingerprint density at radius 1 is 0.941 bits per heavy atom. The van der Waals surface area contributed by atoms with Gasteiger partial charge in [0, 0.05) is 21.8 Å². The zero-order valence-electron chi connectivity index (χ0n) is 18.4. The van der Waals surface area contributed by atoms with Crippen LogP contribution in [0.1, 0.15) is 21.5 Å². The van der Waals surface area contributed by atoms with Crippen molar-refractivity contribution in [1.29, 1.82) is 0 Å². The van der Waals surface area contributed by atoms with Crippen molar-refractivity contribution < 1.29 is 14.3 Å².